The molecule has 0 aliphatic carbocycles. The fourth-order valence-corrected chi connectivity index (χ4v) is 5.25. The van der Waals surface area contributed by atoms with Crippen molar-refractivity contribution in [2.45, 2.75) is 25.5 Å². The van der Waals surface area contributed by atoms with E-state index in [1.165, 1.54) is 5.70 Å². The van der Waals surface area contributed by atoms with E-state index < -0.39 is 0 Å². The van der Waals surface area contributed by atoms with E-state index >= 15 is 0 Å². The van der Waals surface area contributed by atoms with Gasteiger partial charge < -0.3 is 9.80 Å². The third kappa shape index (κ3) is 3.50. The molecular weight excluding hydrogens is 394 g/mol. The van der Waals surface area contributed by atoms with Gasteiger partial charge >= 0.3 is 6.03 Å². The van der Waals surface area contributed by atoms with E-state index in [2.05, 4.69) is 51.5 Å². The van der Waals surface area contributed by atoms with E-state index in [0.29, 0.717) is 6.54 Å². The molecule has 2 aliphatic heterocycles. The third-order valence-electron chi connectivity index (χ3n) is 5.63. The van der Waals surface area contributed by atoms with Gasteiger partial charge in [-0.3, -0.25) is 14.9 Å². The highest BCUT2D eigenvalue weighted by Crippen LogP contribution is 2.36. The summed E-state index contributed by atoms with van der Waals surface area (Å²) in [4.78, 5) is 28.2. The van der Waals surface area contributed by atoms with Crippen molar-refractivity contribution in [2.24, 2.45) is 0 Å². The summed E-state index contributed by atoms with van der Waals surface area (Å²) < 4.78 is 0. The molecule has 1 saturated heterocycles. The van der Waals surface area contributed by atoms with Gasteiger partial charge in [0.05, 0.1) is 5.52 Å². The molecule has 1 aromatic carbocycles. The van der Waals surface area contributed by atoms with Crippen LogP contribution in [-0.2, 0) is 13.1 Å². The highest BCUT2D eigenvalue weighted by molar-refractivity contribution is 8.02. The van der Waals surface area contributed by atoms with Gasteiger partial charge in [-0.15, -0.1) is 0 Å². The van der Waals surface area contributed by atoms with Gasteiger partial charge in [0.1, 0.15) is 0 Å². The minimum Gasteiger partial charge on any atom is -0.341 e. The molecule has 2 amide bonds. The minimum atomic E-state index is -0.0200. The maximum atomic E-state index is 13.3. The monoisotopic (exact) mass is 417 g/mol. The maximum Gasteiger partial charge on any atom is 0.322 e. The molecule has 6 nitrogen and oxygen atoms in total. The highest BCUT2D eigenvalue weighted by Gasteiger charge is 2.39. The Morgan fingerprint density at radius 3 is 2.80 bits per heavy atom. The summed E-state index contributed by atoms with van der Waals surface area (Å²) >= 11 is 1.70. The van der Waals surface area contributed by atoms with Gasteiger partial charge in [0.25, 0.3) is 0 Å². The Morgan fingerprint density at radius 2 is 1.93 bits per heavy atom. The first-order valence-corrected chi connectivity index (χ1v) is 11.0. The predicted molar refractivity (Wildman–Crippen MR) is 119 cm³/mol. The molecule has 1 unspecified atom stereocenters. The lowest BCUT2D eigenvalue weighted by atomic mass is 10.1. The molecule has 7 heteroatoms. The molecule has 3 aromatic rings. The lowest BCUT2D eigenvalue weighted by molar-refractivity contribution is 0.149. The molecule has 1 fully saturated rings. The van der Waals surface area contributed by atoms with Crippen molar-refractivity contribution in [3.63, 3.8) is 0 Å². The van der Waals surface area contributed by atoms with Gasteiger partial charge in [-0.05, 0) is 35.6 Å². The number of rotatable bonds is 5. The Kier molecular flexibility index (Phi) is 5.04. The first-order valence-electron chi connectivity index (χ1n) is 10.1. The number of amides is 2. The molecule has 152 valence electrons. The molecule has 2 aromatic heterocycles. The summed E-state index contributed by atoms with van der Waals surface area (Å²) in [5.41, 5.74) is 4.36. The molecule has 0 spiro atoms. The van der Waals surface area contributed by atoms with Crippen LogP contribution in [0, 0.1) is 0 Å². The van der Waals surface area contributed by atoms with Crippen LogP contribution < -0.4 is 0 Å². The molecule has 2 aliphatic rings. The van der Waals surface area contributed by atoms with Crippen molar-refractivity contribution in [1.29, 1.82) is 0 Å². The Labute approximate surface area is 180 Å². The van der Waals surface area contributed by atoms with Gasteiger partial charge in [-0.2, -0.15) is 0 Å². The van der Waals surface area contributed by atoms with Crippen LogP contribution in [-0.4, -0.2) is 49.3 Å². The zero-order chi connectivity index (χ0) is 20.5. The molecule has 30 heavy (non-hydrogen) atoms. The largest absolute Gasteiger partial charge is 0.341 e. The molecule has 0 bridgehead atoms. The van der Waals surface area contributed by atoms with Gasteiger partial charge in [-0.1, -0.05) is 42.1 Å². The Hall–Kier alpha value is -3.06. The van der Waals surface area contributed by atoms with Crippen LogP contribution in [0.15, 0.2) is 72.2 Å². The van der Waals surface area contributed by atoms with Gasteiger partial charge in [0.2, 0.25) is 0 Å². The van der Waals surface area contributed by atoms with Crippen LogP contribution in [0.25, 0.3) is 10.9 Å². The van der Waals surface area contributed by atoms with Crippen LogP contribution in [0.3, 0.4) is 0 Å². The summed E-state index contributed by atoms with van der Waals surface area (Å²) in [6.45, 7) is 4.86. The highest BCUT2D eigenvalue weighted by atomic mass is 32.2. The average molecular weight is 418 g/mol. The number of aromatic nitrogens is 2. The SMILES string of the molecule is CC1=CSC(N2CCN(Cc3cccc4cccnc34)C2=O)N1Cc1cccnc1. The number of hydrogen-bond donors (Lipinski definition) is 0. The maximum absolute atomic E-state index is 13.3. The van der Waals surface area contributed by atoms with E-state index in [9.17, 15) is 4.79 Å². The molecule has 0 radical (unpaired) electrons. The van der Waals surface area contributed by atoms with E-state index in [4.69, 9.17) is 0 Å². The number of nitrogens with zero attached hydrogens (tertiary/aromatic N) is 5. The lowest BCUT2D eigenvalue weighted by Crippen LogP contribution is -2.45. The Morgan fingerprint density at radius 1 is 1.07 bits per heavy atom. The second kappa shape index (κ2) is 7.99. The second-order valence-corrected chi connectivity index (χ2v) is 8.53. The molecule has 1 atom stereocenters. The van der Waals surface area contributed by atoms with Crippen molar-refractivity contribution < 1.29 is 4.79 Å². The number of hydrogen-bond acceptors (Lipinski definition) is 5. The van der Waals surface area contributed by atoms with Gasteiger partial charge in [0.15, 0.2) is 5.50 Å². The number of fused-ring (bicyclic) bond motifs is 1. The van der Waals surface area contributed by atoms with Crippen molar-refractivity contribution in [3.05, 3.63) is 83.3 Å². The number of para-hydroxylation sites is 1. The van der Waals surface area contributed by atoms with Crippen molar-refractivity contribution in [2.75, 3.05) is 13.1 Å². The number of allylic oxidation sites excluding steroid dienone is 1. The smallest absolute Gasteiger partial charge is 0.322 e. The average Bonchev–Trinajstić information content (AvgIpc) is 3.31. The molecule has 5 rings (SSSR count). The number of carbonyl (C=O) groups excluding carboxylic acids is 1. The van der Waals surface area contributed by atoms with Gasteiger partial charge in [0, 0.05) is 55.9 Å². The fourth-order valence-electron chi connectivity index (χ4n) is 4.06. The van der Waals surface area contributed by atoms with Crippen LogP contribution in [0.2, 0.25) is 0 Å². The summed E-state index contributed by atoms with van der Waals surface area (Å²) in [6.07, 6.45) is 5.48. The topological polar surface area (TPSA) is 52.6 Å². The number of benzene rings is 1. The van der Waals surface area contributed by atoms with Crippen LogP contribution >= 0.6 is 11.8 Å². The third-order valence-corrected chi connectivity index (χ3v) is 6.86. The first-order chi connectivity index (χ1) is 14.7. The molecule has 4 heterocycles. The number of thioether (sulfide) groups is 1. The summed E-state index contributed by atoms with van der Waals surface area (Å²) in [5, 5.41) is 3.25. The number of carbonyl (C=O) groups is 1. The quantitative estimate of drug-likeness (QED) is 0.621. The molecule has 0 saturated carbocycles. The first kappa shape index (κ1) is 18.9. The number of pyridine rings is 2. The van der Waals surface area contributed by atoms with Gasteiger partial charge in [-0.25, -0.2) is 4.79 Å². The molecular formula is C23H23N5OS. The van der Waals surface area contributed by atoms with Crippen LogP contribution in [0.1, 0.15) is 18.1 Å². The summed E-state index contributed by atoms with van der Waals surface area (Å²) in [7, 11) is 0. The van der Waals surface area contributed by atoms with Crippen LogP contribution in [0.4, 0.5) is 4.79 Å². The summed E-state index contributed by atoms with van der Waals surface area (Å²) in [6, 6.07) is 14.3. The van der Waals surface area contributed by atoms with Crippen molar-refractivity contribution in [1.82, 2.24) is 24.7 Å². The van der Waals surface area contributed by atoms with E-state index in [1.807, 2.05) is 40.4 Å². The van der Waals surface area contributed by atoms with E-state index in [-0.39, 0.29) is 11.5 Å². The van der Waals surface area contributed by atoms with E-state index in [0.717, 1.165) is 41.7 Å². The minimum absolute atomic E-state index is 0.0200. The van der Waals surface area contributed by atoms with Crippen molar-refractivity contribution in [3.8, 4) is 0 Å². The zero-order valence-electron chi connectivity index (χ0n) is 16.8. The Balaban J connectivity index is 1.33. The normalized spacial score (nSPS) is 19.1. The standard InChI is InChI=1S/C23H23N5OS/c1-17-16-30-23(28(17)14-18-5-3-9-24-13-18)27-12-11-26(22(27)29)15-20-7-2-6-19-8-4-10-25-21(19)20/h2-10,13,16,23H,11-12,14-15H2,1H3. The molecule has 0 N–H and O–H groups in total. The zero-order valence-corrected chi connectivity index (χ0v) is 17.6. The van der Waals surface area contributed by atoms with Crippen molar-refractivity contribution >= 4 is 28.7 Å². The summed E-state index contributed by atoms with van der Waals surface area (Å²) in [5.74, 6) is 0. The fraction of sp³-hybridized carbons (Fsp3) is 0.261. The number of urea groups is 1. The van der Waals surface area contributed by atoms with E-state index in [1.54, 1.807) is 18.0 Å². The second-order valence-electron chi connectivity index (χ2n) is 7.60. The lowest BCUT2D eigenvalue weighted by Gasteiger charge is -2.34. The predicted octanol–water partition coefficient (Wildman–Crippen LogP) is 4.26. The van der Waals surface area contributed by atoms with Crippen LogP contribution in [0.5, 0.6) is 0 Å². The Bertz CT molecular complexity index is 1100.